The molecule has 74 valence electrons. The molecular formula is C11H14N2S. The van der Waals surface area contributed by atoms with E-state index in [2.05, 4.69) is 29.6 Å². The third-order valence-corrected chi connectivity index (χ3v) is 3.33. The minimum atomic E-state index is 0.618. The molecule has 2 nitrogen and oxygen atoms in total. The van der Waals surface area contributed by atoms with Gasteiger partial charge in [-0.2, -0.15) is 0 Å². The lowest BCUT2D eigenvalue weighted by Gasteiger charge is -1.94. The first-order chi connectivity index (χ1) is 6.83. The zero-order valence-corrected chi connectivity index (χ0v) is 9.03. The summed E-state index contributed by atoms with van der Waals surface area (Å²) in [6, 6.07) is 8.66. The Bertz CT molecular complexity index is 434. The SMILES string of the molecule is CNCc1cc2cc(CN)ccc2s1. The normalized spacial score (nSPS) is 11.0. The predicted octanol–water partition coefficient (Wildman–Crippen LogP) is 2.08. The largest absolute Gasteiger partial charge is 0.326 e. The number of thiophene rings is 1. The van der Waals surface area contributed by atoms with Gasteiger partial charge in [0.1, 0.15) is 0 Å². The van der Waals surface area contributed by atoms with Crippen molar-refractivity contribution in [1.29, 1.82) is 0 Å². The molecule has 1 aromatic heterocycles. The first kappa shape index (κ1) is 9.65. The van der Waals surface area contributed by atoms with Gasteiger partial charge in [0.05, 0.1) is 0 Å². The van der Waals surface area contributed by atoms with Gasteiger partial charge >= 0.3 is 0 Å². The van der Waals surface area contributed by atoms with Crippen LogP contribution in [0.25, 0.3) is 10.1 Å². The molecule has 0 aliphatic heterocycles. The van der Waals surface area contributed by atoms with Gasteiger partial charge in [-0.3, -0.25) is 0 Å². The van der Waals surface area contributed by atoms with Crippen molar-refractivity contribution in [2.75, 3.05) is 7.05 Å². The third kappa shape index (κ3) is 1.80. The van der Waals surface area contributed by atoms with Gasteiger partial charge in [0.2, 0.25) is 0 Å². The molecule has 0 amide bonds. The third-order valence-electron chi connectivity index (χ3n) is 2.22. The van der Waals surface area contributed by atoms with Crippen LogP contribution < -0.4 is 11.1 Å². The lowest BCUT2D eigenvalue weighted by Crippen LogP contribution is -2.02. The van der Waals surface area contributed by atoms with Crippen molar-refractivity contribution in [2.45, 2.75) is 13.1 Å². The fourth-order valence-corrected chi connectivity index (χ4v) is 2.59. The van der Waals surface area contributed by atoms with Gasteiger partial charge in [-0.25, -0.2) is 0 Å². The summed E-state index contributed by atoms with van der Waals surface area (Å²) in [5.41, 5.74) is 6.80. The highest BCUT2D eigenvalue weighted by Crippen LogP contribution is 2.26. The standard InChI is InChI=1S/C11H14N2S/c1-13-7-10-5-9-4-8(6-12)2-3-11(9)14-10/h2-5,13H,6-7,12H2,1H3. The topological polar surface area (TPSA) is 38.0 Å². The maximum atomic E-state index is 5.60. The van der Waals surface area contributed by atoms with Crippen molar-refractivity contribution in [3.05, 3.63) is 34.7 Å². The van der Waals surface area contributed by atoms with E-state index < -0.39 is 0 Å². The molecule has 0 unspecified atom stereocenters. The molecule has 1 heterocycles. The number of hydrogen-bond donors (Lipinski definition) is 2. The summed E-state index contributed by atoms with van der Waals surface area (Å²) in [7, 11) is 1.97. The van der Waals surface area contributed by atoms with Crippen LogP contribution in [0.3, 0.4) is 0 Å². The second-order valence-corrected chi connectivity index (χ2v) is 4.49. The second kappa shape index (κ2) is 4.09. The van der Waals surface area contributed by atoms with Gasteiger partial charge in [-0.05, 0) is 36.2 Å². The zero-order valence-electron chi connectivity index (χ0n) is 8.21. The molecule has 0 fully saturated rings. The van der Waals surface area contributed by atoms with E-state index in [1.807, 2.05) is 18.4 Å². The lowest BCUT2D eigenvalue weighted by atomic mass is 10.1. The van der Waals surface area contributed by atoms with E-state index in [-0.39, 0.29) is 0 Å². The molecule has 2 aromatic rings. The number of benzene rings is 1. The van der Waals surface area contributed by atoms with Crippen LogP contribution in [0, 0.1) is 0 Å². The molecule has 0 radical (unpaired) electrons. The highest BCUT2D eigenvalue weighted by atomic mass is 32.1. The average Bonchev–Trinajstić information content (AvgIpc) is 2.59. The number of fused-ring (bicyclic) bond motifs is 1. The van der Waals surface area contributed by atoms with Crippen LogP contribution in [0.1, 0.15) is 10.4 Å². The average molecular weight is 206 g/mol. The molecule has 0 saturated heterocycles. The number of hydrogen-bond acceptors (Lipinski definition) is 3. The first-order valence-electron chi connectivity index (χ1n) is 4.69. The van der Waals surface area contributed by atoms with Crippen molar-refractivity contribution in [3.63, 3.8) is 0 Å². The van der Waals surface area contributed by atoms with Gasteiger partial charge in [0.25, 0.3) is 0 Å². The lowest BCUT2D eigenvalue weighted by molar-refractivity contribution is 0.832. The number of nitrogens with one attached hydrogen (secondary N) is 1. The van der Waals surface area contributed by atoms with Crippen molar-refractivity contribution in [1.82, 2.24) is 5.32 Å². The summed E-state index contributed by atoms with van der Waals surface area (Å²) in [5.74, 6) is 0. The maximum Gasteiger partial charge on any atom is 0.0346 e. The van der Waals surface area contributed by atoms with Gasteiger partial charge in [0.15, 0.2) is 0 Å². The molecule has 14 heavy (non-hydrogen) atoms. The van der Waals surface area contributed by atoms with Crippen LogP contribution in [0.15, 0.2) is 24.3 Å². The molecule has 3 N–H and O–H groups in total. The highest BCUT2D eigenvalue weighted by molar-refractivity contribution is 7.19. The Balaban J connectivity index is 2.43. The minimum absolute atomic E-state index is 0.618. The Labute approximate surface area is 87.7 Å². The summed E-state index contributed by atoms with van der Waals surface area (Å²) in [6.45, 7) is 1.56. The van der Waals surface area contributed by atoms with Gasteiger partial charge in [0, 0.05) is 22.7 Å². The molecule has 0 saturated carbocycles. The van der Waals surface area contributed by atoms with Gasteiger partial charge in [-0.15, -0.1) is 11.3 Å². The van der Waals surface area contributed by atoms with Crippen LogP contribution in [0.2, 0.25) is 0 Å². The Morgan fingerprint density at radius 1 is 1.36 bits per heavy atom. The van der Waals surface area contributed by atoms with Crippen molar-refractivity contribution < 1.29 is 0 Å². The maximum absolute atomic E-state index is 5.60. The highest BCUT2D eigenvalue weighted by Gasteiger charge is 2.01. The van der Waals surface area contributed by atoms with E-state index in [0.29, 0.717) is 6.54 Å². The van der Waals surface area contributed by atoms with Crippen molar-refractivity contribution in [3.8, 4) is 0 Å². The minimum Gasteiger partial charge on any atom is -0.326 e. The Kier molecular flexibility index (Phi) is 2.82. The molecule has 0 bridgehead atoms. The summed E-state index contributed by atoms with van der Waals surface area (Å²) >= 11 is 1.84. The van der Waals surface area contributed by atoms with Crippen LogP contribution in [-0.4, -0.2) is 7.05 Å². The van der Waals surface area contributed by atoms with Gasteiger partial charge < -0.3 is 11.1 Å². The molecule has 0 atom stereocenters. The van der Waals surface area contributed by atoms with E-state index in [9.17, 15) is 0 Å². The monoisotopic (exact) mass is 206 g/mol. The fraction of sp³-hybridized carbons (Fsp3) is 0.273. The smallest absolute Gasteiger partial charge is 0.0346 e. The van der Waals surface area contributed by atoms with E-state index in [1.54, 1.807) is 0 Å². The molecule has 0 aliphatic rings. The Morgan fingerprint density at radius 3 is 2.93 bits per heavy atom. The first-order valence-corrected chi connectivity index (χ1v) is 5.51. The van der Waals surface area contributed by atoms with Crippen molar-refractivity contribution >= 4 is 21.4 Å². The van der Waals surface area contributed by atoms with Gasteiger partial charge in [-0.1, -0.05) is 6.07 Å². The van der Waals surface area contributed by atoms with E-state index in [4.69, 9.17) is 5.73 Å². The predicted molar refractivity (Wildman–Crippen MR) is 62.5 cm³/mol. The van der Waals surface area contributed by atoms with Crippen LogP contribution in [-0.2, 0) is 13.1 Å². The Morgan fingerprint density at radius 2 is 2.21 bits per heavy atom. The van der Waals surface area contributed by atoms with Crippen LogP contribution in [0.4, 0.5) is 0 Å². The summed E-state index contributed by atoms with van der Waals surface area (Å²) in [4.78, 5) is 1.37. The molecule has 3 heteroatoms. The summed E-state index contributed by atoms with van der Waals surface area (Å²) < 4.78 is 1.34. The molecule has 0 spiro atoms. The Hall–Kier alpha value is -0.900. The summed E-state index contributed by atoms with van der Waals surface area (Å²) in [6.07, 6.45) is 0. The van der Waals surface area contributed by atoms with Crippen LogP contribution in [0.5, 0.6) is 0 Å². The molecule has 2 rings (SSSR count). The molecular weight excluding hydrogens is 192 g/mol. The fourth-order valence-electron chi connectivity index (χ4n) is 1.54. The quantitative estimate of drug-likeness (QED) is 0.807. The van der Waals surface area contributed by atoms with E-state index in [0.717, 1.165) is 6.54 Å². The van der Waals surface area contributed by atoms with Crippen LogP contribution >= 0.6 is 11.3 Å². The molecule has 1 aromatic carbocycles. The van der Waals surface area contributed by atoms with Crippen molar-refractivity contribution in [2.24, 2.45) is 5.73 Å². The summed E-state index contributed by atoms with van der Waals surface area (Å²) in [5, 5.41) is 4.47. The van der Waals surface area contributed by atoms with E-state index >= 15 is 0 Å². The second-order valence-electron chi connectivity index (χ2n) is 3.32. The van der Waals surface area contributed by atoms with E-state index in [1.165, 1.54) is 20.5 Å². The molecule has 0 aliphatic carbocycles. The number of nitrogens with two attached hydrogens (primary N) is 1. The number of rotatable bonds is 3. The zero-order chi connectivity index (χ0) is 9.97.